The second-order valence-corrected chi connectivity index (χ2v) is 17.8. The summed E-state index contributed by atoms with van der Waals surface area (Å²) in [4.78, 5) is 72.3. The summed E-state index contributed by atoms with van der Waals surface area (Å²) in [6.45, 7) is 21.3. The summed E-state index contributed by atoms with van der Waals surface area (Å²) in [6, 6.07) is 19.8. The van der Waals surface area contributed by atoms with Crippen LogP contribution in [-0.2, 0) is 21.6 Å². The van der Waals surface area contributed by atoms with Crippen LogP contribution < -0.4 is 15.0 Å². The molecule has 1 unspecified atom stereocenters. The number of nitrogens with zero attached hydrogens (tertiary/aromatic N) is 7. The average molecular weight is 853 g/mol. The van der Waals surface area contributed by atoms with Crippen molar-refractivity contribution in [1.29, 1.82) is 0 Å². The number of piperidine rings is 2. The minimum atomic E-state index is -1.02. The standard InChI is InChI=1S/C48H49ClN8O5/c1-47(2,19-15-31-7-6-8-39-42(31)45(61)57(44(39)60)40-13-14-41(58)53-43(40)59)56-21-17-37(18-22-56)54-23-25-55(26-24-54)46-51-20-16-35(52-46)30-62-38-11-9-32(10-12-38)48(3,4)33-27-34(49)29-36(28-33)50-5/h6-12,16,20,27-29,37,40H,13-14,17-18,21-26,30H2,1-4H3,(H,53,58,59). The first-order valence-electron chi connectivity index (χ1n) is 21.1. The molecule has 4 aliphatic heterocycles. The van der Waals surface area contributed by atoms with Crippen LogP contribution in [0.4, 0.5) is 11.6 Å². The number of rotatable bonds is 9. The fraction of sp³-hybridized carbons (Fsp3) is 0.396. The maximum atomic E-state index is 13.6. The summed E-state index contributed by atoms with van der Waals surface area (Å²) in [7, 11) is 0. The number of anilines is 1. The van der Waals surface area contributed by atoms with Crippen LogP contribution >= 0.6 is 11.6 Å². The summed E-state index contributed by atoms with van der Waals surface area (Å²) in [5, 5.41) is 2.79. The van der Waals surface area contributed by atoms with E-state index < -0.39 is 35.2 Å². The number of aromatic nitrogens is 2. The quantitative estimate of drug-likeness (QED) is 0.115. The molecule has 8 rings (SSSR count). The number of imide groups is 2. The van der Waals surface area contributed by atoms with Gasteiger partial charge in [-0.05, 0) is 86.7 Å². The predicted molar refractivity (Wildman–Crippen MR) is 235 cm³/mol. The Morgan fingerprint density at radius 1 is 0.887 bits per heavy atom. The summed E-state index contributed by atoms with van der Waals surface area (Å²) in [6.07, 6.45) is 3.97. The molecular weight excluding hydrogens is 804 g/mol. The summed E-state index contributed by atoms with van der Waals surface area (Å²) < 4.78 is 6.15. The highest BCUT2D eigenvalue weighted by Gasteiger charge is 2.45. The molecule has 0 aliphatic carbocycles. The monoisotopic (exact) mass is 852 g/mol. The Morgan fingerprint density at radius 3 is 2.34 bits per heavy atom. The number of piperazine rings is 1. The van der Waals surface area contributed by atoms with Gasteiger partial charge in [-0.15, -0.1) is 0 Å². The summed E-state index contributed by atoms with van der Waals surface area (Å²) in [5.41, 5.74) is 3.44. The molecule has 3 aromatic carbocycles. The van der Waals surface area contributed by atoms with E-state index in [0.717, 1.165) is 79.6 Å². The zero-order valence-electron chi connectivity index (χ0n) is 35.4. The van der Waals surface area contributed by atoms with Crippen LogP contribution in [0.1, 0.15) is 96.5 Å². The smallest absolute Gasteiger partial charge is 0.263 e. The molecule has 0 bridgehead atoms. The van der Waals surface area contributed by atoms with Crippen molar-refractivity contribution in [2.45, 2.75) is 83.0 Å². The highest BCUT2D eigenvalue weighted by molar-refractivity contribution is 6.31. The molecule has 1 aromatic heterocycles. The second kappa shape index (κ2) is 17.3. The van der Waals surface area contributed by atoms with Crippen LogP contribution in [0, 0.1) is 18.4 Å². The van der Waals surface area contributed by atoms with Gasteiger partial charge in [-0.25, -0.2) is 14.8 Å². The molecule has 1 atom stereocenters. The third-order valence-corrected chi connectivity index (χ3v) is 13.0. The average Bonchev–Trinajstić information content (AvgIpc) is 3.53. The predicted octanol–water partition coefficient (Wildman–Crippen LogP) is 6.40. The minimum absolute atomic E-state index is 0.0667. The summed E-state index contributed by atoms with van der Waals surface area (Å²) in [5.74, 6) is 5.92. The van der Waals surface area contributed by atoms with Crippen molar-refractivity contribution in [1.82, 2.24) is 30.0 Å². The zero-order valence-corrected chi connectivity index (χ0v) is 36.2. The van der Waals surface area contributed by atoms with E-state index in [9.17, 15) is 19.2 Å². The Kier molecular flexibility index (Phi) is 11.9. The number of halogens is 1. The molecule has 62 heavy (non-hydrogen) atoms. The van der Waals surface area contributed by atoms with Gasteiger partial charge >= 0.3 is 0 Å². The second-order valence-electron chi connectivity index (χ2n) is 17.3. The number of likely N-dealkylation sites (tertiary alicyclic amines) is 1. The van der Waals surface area contributed by atoms with Crippen LogP contribution in [0.2, 0.25) is 5.02 Å². The molecule has 3 saturated heterocycles. The third-order valence-electron chi connectivity index (χ3n) is 12.7. The molecule has 4 amide bonds. The molecule has 14 heteroatoms. The number of carbonyl (C=O) groups is 4. The first kappa shape index (κ1) is 42.6. The van der Waals surface area contributed by atoms with Crippen molar-refractivity contribution in [3.8, 4) is 17.6 Å². The Bertz CT molecular complexity index is 2520. The number of ether oxygens (including phenoxy) is 1. The molecule has 0 radical (unpaired) electrons. The van der Waals surface area contributed by atoms with Gasteiger partial charge in [0.2, 0.25) is 17.8 Å². The lowest BCUT2D eigenvalue weighted by Crippen LogP contribution is -2.56. The van der Waals surface area contributed by atoms with E-state index >= 15 is 0 Å². The molecule has 1 N–H and O–H groups in total. The van der Waals surface area contributed by atoms with E-state index in [1.54, 1.807) is 30.5 Å². The number of benzene rings is 3. The molecule has 4 aromatic rings. The van der Waals surface area contributed by atoms with Crippen molar-refractivity contribution in [3.05, 3.63) is 123 Å². The lowest BCUT2D eigenvalue weighted by atomic mass is 9.78. The van der Waals surface area contributed by atoms with Crippen molar-refractivity contribution in [2.75, 3.05) is 44.2 Å². The van der Waals surface area contributed by atoms with Crippen LogP contribution in [0.25, 0.3) is 4.85 Å². The van der Waals surface area contributed by atoms with E-state index in [-0.39, 0.29) is 29.4 Å². The Morgan fingerprint density at radius 2 is 1.63 bits per heavy atom. The van der Waals surface area contributed by atoms with E-state index in [1.807, 2.05) is 42.5 Å². The minimum Gasteiger partial charge on any atom is -0.487 e. The van der Waals surface area contributed by atoms with Crippen molar-refractivity contribution in [3.63, 3.8) is 0 Å². The van der Waals surface area contributed by atoms with E-state index in [2.05, 4.69) is 69.4 Å². The van der Waals surface area contributed by atoms with E-state index in [0.29, 0.717) is 34.9 Å². The number of nitrogens with one attached hydrogen (secondary N) is 1. The van der Waals surface area contributed by atoms with Crippen LogP contribution in [0.3, 0.4) is 0 Å². The zero-order chi connectivity index (χ0) is 43.8. The van der Waals surface area contributed by atoms with Crippen LogP contribution in [-0.4, -0.2) is 105 Å². The molecule has 3 fully saturated rings. The maximum Gasteiger partial charge on any atom is 0.263 e. The van der Waals surface area contributed by atoms with Gasteiger partial charge < -0.3 is 9.64 Å². The van der Waals surface area contributed by atoms with E-state index in [1.165, 1.54) is 0 Å². The van der Waals surface area contributed by atoms with Crippen LogP contribution in [0.5, 0.6) is 5.75 Å². The van der Waals surface area contributed by atoms with Crippen LogP contribution in [0.15, 0.2) is 72.9 Å². The van der Waals surface area contributed by atoms with Gasteiger partial charge in [-0.3, -0.25) is 39.2 Å². The Labute approximate surface area is 367 Å². The maximum absolute atomic E-state index is 13.6. The largest absolute Gasteiger partial charge is 0.487 e. The molecule has 0 spiro atoms. The summed E-state index contributed by atoms with van der Waals surface area (Å²) >= 11 is 6.31. The van der Waals surface area contributed by atoms with Gasteiger partial charge in [0, 0.05) is 73.9 Å². The first-order valence-corrected chi connectivity index (χ1v) is 21.5. The molecular formula is C48H49ClN8O5. The van der Waals surface area contributed by atoms with Gasteiger partial charge in [0.1, 0.15) is 18.4 Å². The van der Waals surface area contributed by atoms with Crippen molar-refractivity contribution < 1.29 is 23.9 Å². The van der Waals surface area contributed by atoms with Gasteiger partial charge in [-0.2, -0.15) is 0 Å². The van der Waals surface area contributed by atoms with Gasteiger partial charge in [0.25, 0.3) is 11.8 Å². The first-order chi connectivity index (χ1) is 29.7. The van der Waals surface area contributed by atoms with Crippen molar-refractivity contribution in [2.24, 2.45) is 0 Å². The molecule has 4 aliphatic rings. The van der Waals surface area contributed by atoms with Crippen molar-refractivity contribution >= 4 is 46.9 Å². The highest BCUT2D eigenvalue weighted by atomic mass is 35.5. The molecule has 13 nitrogen and oxygen atoms in total. The highest BCUT2D eigenvalue weighted by Crippen LogP contribution is 2.37. The van der Waals surface area contributed by atoms with Gasteiger partial charge in [0.05, 0.1) is 28.9 Å². The van der Waals surface area contributed by atoms with E-state index in [4.69, 9.17) is 27.9 Å². The molecule has 318 valence electrons. The lowest BCUT2D eigenvalue weighted by molar-refractivity contribution is -0.136. The molecule has 5 heterocycles. The number of carbonyl (C=O) groups excluding carboxylic acids is 4. The Hall–Kier alpha value is -6.12. The number of amides is 4. The number of hydrogen-bond acceptors (Lipinski definition) is 10. The molecule has 0 saturated carbocycles. The normalized spacial score (nSPS) is 19.1. The Balaban J connectivity index is 0.821. The number of fused-ring (bicyclic) bond motifs is 1. The fourth-order valence-corrected chi connectivity index (χ4v) is 9.13. The van der Waals surface area contributed by atoms with Gasteiger partial charge in [-0.1, -0.05) is 61.6 Å². The topological polar surface area (TPSA) is 133 Å². The number of hydrogen-bond donors (Lipinski definition) is 1. The fourth-order valence-electron chi connectivity index (χ4n) is 8.90. The third kappa shape index (κ3) is 8.66. The SMILES string of the molecule is [C-]#[N+]c1cc(Cl)cc(C(C)(C)c2ccc(OCc3ccnc(N4CCN(C5CCN(C(C)(C)C#Cc6cccc7c6C(=O)N(C6CCC(=O)NC6=O)C7=O)CC5)CC4)n3)cc2)c1. The lowest BCUT2D eigenvalue weighted by Gasteiger charge is -2.45. The van der Waals surface area contributed by atoms with Gasteiger partial charge in [0.15, 0.2) is 5.69 Å².